The molecule has 1 aliphatic rings. The Kier molecular flexibility index (Phi) is 4.97. The van der Waals surface area contributed by atoms with E-state index in [1.54, 1.807) is 12.1 Å². The molecule has 0 aromatic heterocycles. The lowest BCUT2D eigenvalue weighted by Gasteiger charge is -2.34. The van der Waals surface area contributed by atoms with E-state index >= 15 is 0 Å². The molecule has 0 aliphatic heterocycles. The Hall–Kier alpha value is -1.35. The first-order valence-electron chi connectivity index (χ1n) is 7.26. The fourth-order valence-corrected chi connectivity index (χ4v) is 2.72. The van der Waals surface area contributed by atoms with Crippen molar-refractivity contribution in [2.75, 3.05) is 0 Å². The molecule has 1 aliphatic carbocycles. The number of benzene rings is 1. The van der Waals surface area contributed by atoms with Crippen LogP contribution in [0.15, 0.2) is 24.3 Å². The Balaban J connectivity index is 1.92. The molecule has 1 unspecified atom stereocenters. The van der Waals surface area contributed by atoms with E-state index in [1.165, 1.54) is 32.1 Å². The first-order valence-corrected chi connectivity index (χ1v) is 7.26. The van der Waals surface area contributed by atoms with E-state index < -0.39 is 5.97 Å². The molecule has 1 aromatic rings. The standard InChI is InChI=1S/C16H23NO2/c1-2-5-15(13-7-4-8-13)17-11-12-6-3-9-14(10-12)16(18)19/h3,6,9-10,13,15,17H,2,4-5,7-8,11H2,1H3,(H,18,19). The third-order valence-corrected chi connectivity index (χ3v) is 4.06. The Bertz CT molecular complexity index is 427. The van der Waals surface area contributed by atoms with Crippen LogP contribution in [-0.2, 0) is 6.54 Å². The zero-order valence-electron chi connectivity index (χ0n) is 11.6. The van der Waals surface area contributed by atoms with Crippen LogP contribution in [-0.4, -0.2) is 17.1 Å². The van der Waals surface area contributed by atoms with Gasteiger partial charge in [-0.25, -0.2) is 4.79 Å². The first kappa shape index (κ1) is 14.1. The molecular formula is C16H23NO2. The number of rotatable bonds is 7. The number of nitrogens with one attached hydrogen (secondary N) is 1. The van der Waals surface area contributed by atoms with Crippen molar-refractivity contribution in [1.29, 1.82) is 0 Å². The van der Waals surface area contributed by atoms with Crippen molar-refractivity contribution in [3.63, 3.8) is 0 Å². The van der Waals surface area contributed by atoms with Crippen molar-refractivity contribution in [3.05, 3.63) is 35.4 Å². The van der Waals surface area contributed by atoms with Crippen LogP contribution in [0.25, 0.3) is 0 Å². The maximum Gasteiger partial charge on any atom is 0.335 e. The van der Waals surface area contributed by atoms with Crippen molar-refractivity contribution >= 4 is 5.97 Å². The number of carboxylic acids is 1. The van der Waals surface area contributed by atoms with Crippen LogP contribution in [0.4, 0.5) is 0 Å². The molecule has 1 saturated carbocycles. The molecule has 0 bridgehead atoms. The number of carboxylic acid groups (broad SMARTS) is 1. The van der Waals surface area contributed by atoms with Crippen LogP contribution in [0, 0.1) is 5.92 Å². The van der Waals surface area contributed by atoms with Gasteiger partial charge in [-0.05, 0) is 42.9 Å². The normalized spacial score (nSPS) is 16.9. The van der Waals surface area contributed by atoms with Gasteiger partial charge in [-0.2, -0.15) is 0 Å². The summed E-state index contributed by atoms with van der Waals surface area (Å²) < 4.78 is 0. The number of carbonyl (C=O) groups is 1. The maximum atomic E-state index is 10.9. The average molecular weight is 261 g/mol. The van der Waals surface area contributed by atoms with E-state index in [4.69, 9.17) is 5.11 Å². The monoisotopic (exact) mass is 261 g/mol. The van der Waals surface area contributed by atoms with Gasteiger partial charge >= 0.3 is 5.97 Å². The summed E-state index contributed by atoms with van der Waals surface area (Å²) >= 11 is 0. The topological polar surface area (TPSA) is 49.3 Å². The molecule has 0 amide bonds. The lowest BCUT2D eigenvalue weighted by molar-refractivity contribution is 0.0696. The molecule has 2 rings (SSSR count). The highest BCUT2D eigenvalue weighted by atomic mass is 16.4. The van der Waals surface area contributed by atoms with Gasteiger partial charge in [0, 0.05) is 12.6 Å². The van der Waals surface area contributed by atoms with Crippen LogP contribution < -0.4 is 5.32 Å². The smallest absolute Gasteiger partial charge is 0.335 e. The van der Waals surface area contributed by atoms with Crippen molar-refractivity contribution in [2.45, 2.75) is 51.6 Å². The highest BCUT2D eigenvalue weighted by molar-refractivity contribution is 5.87. The molecular weight excluding hydrogens is 238 g/mol. The zero-order valence-corrected chi connectivity index (χ0v) is 11.6. The predicted molar refractivity (Wildman–Crippen MR) is 76.3 cm³/mol. The van der Waals surface area contributed by atoms with E-state index in [9.17, 15) is 4.79 Å². The van der Waals surface area contributed by atoms with E-state index in [0.29, 0.717) is 11.6 Å². The first-order chi connectivity index (χ1) is 9.20. The number of hydrogen-bond donors (Lipinski definition) is 2. The van der Waals surface area contributed by atoms with Crippen LogP contribution in [0.1, 0.15) is 54.9 Å². The minimum Gasteiger partial charge on any atom is -0.478 e. The third-order valence-electron chi connectivity index (χ3n) is 4.06. The highest BCUT2D eigenvalue weighted by Crippen LogP contribution is 2.31. The quantitative estimate of drug-likeness (QED) is 0.790. The molecule has 1 atom stereocenters. The summed E-state index contributed by atoms with van der Waals surface area (Å²) in [6.45, 7) is 2.99. The third kappa shape index (κ3) is 3.80. The van der Waals surface area contributed by atoms with Crippen molar-refractivity contribution in [1.82, 2.24) is 5.32 Å². The summed E-state index contributed by atoms with van der Waals surface area (Å²) in [6, 6.07) is 7.80. The van der Waals surface area contributed by atoms with E-state index in [-0.39, 0.29) is 0 Å². The summed E-state index contributed by atoms with van der Waals surface area (Å²) in [6.07, 6.45) is 6.45. The summed E-state index contributed by atoms with van der Waals surface area (Å²) in [5.74, 6) is -0.0337. The minimum atomic E-state index is -0.856. The van der Waals surface area contributed by atoms with Gasteiger partial charge in [-0.15, -0.1) is 0 Å². The van der Waals surface area contributed by atoms with Gasteiger partial charge in [0.25, 0.3) is 0 Å². The minimum absolute atomic E-state index is 0.370. The maximum absolute atomic E-state index is 10.9. The predicted octanol–water partition coefficient (Wildman–Crippen LogP) is 3.44. The van der Waals surface area contributed by atoms with Crippen LogP contribution in [0.2, 0.25) is 0 Å². The van der Waals surface area contributed by atoms with E-state index in [1.807, 2.05) is 12.1 Å². The fourth-order valence-electron chi connectivity index (χ4n) is 2.72. The Morgan fingerprint density at radius 1 is 1.47 bits per heavy atom. The van der Waals surface area contributed by atoms with Crippen molar-refractivity contribution < 1.29 is 9.90 Å². The molecule has 3 nitrogen and oxygen atoms in total. The number of hydrogen-bond acceptors (Lipinski definition) is 2. The molecule has 0 heterocycles. The Labute approximate surface area is 115 Å². The molecule has 0 saturated heterocycles. The summed E-state index contributed by atoms with van der Waals surface area (Å²) in [5, 5.41) is 12.6. The molecule has 0 spiro atoms. The summed E-state index contributed by atoms with van der Waals surface area (Å²) in [7, 11) is 0. The van der Waals surface area contributed by atoms with Gasteiger partial charge < -0.3 is 10.4 Å². The van der Waals surface area contributed by atoms with Gasteiger partial charge in [0.1, 0.15) is 0 Å². The molecule has 3 heteroatoms. The van der Waals surface area contributed by atoms with E-state index in [2.05, 4.69) is 12.2 Å². The molecule has 104 valence electrons. The molecule has 0 radical (unpaired) electrons. The molecule has 2 N–H and O–H groups in total. The largest absolute Gasteiger partial charge is 0.478 e. The van der Waals surface area contributed by atoms with Gasteiger partial charge in [0.05, 0.1) is 5.56 Å². The number of aromatic carboxylic acids is 1. The molecule has 1 aromatic carbocycles. The highest BCUT2D eigenvalue weighted by Gasteiger charge is 2.25. The summed E-state index contributed by atoms with van der Waals surface area (Å²) in [5.41, 5.74) is 1.43. The van der Waals surface area contributed by atoms with Gasteiger partial charge in [-0.3, -0.25) is 0 Å². The van der Waals surface area contributed by atoms with Gasteiger partial charge in [-0.1, -0.05) is 31.9 Å². The van der Waals surface area contributed by atoms with Gasteiger partial charge in [0.2, 0.25) is 0 Å². The zero-order chi connectivity index (χ0) is 13.7. The fraction of sp³-hybridized carbons (Fsp3) is 0.562. The average Bonchev–Trinajstić information content (AvgIpc) is 2.34. The lowest BCUT2D eigenvalue weighted by atomic mass is 9.78. The Morgan fingerprint density at radius 2 is 2.26 bits per heavy atom. The van der Waals surface area contributed by atoms with Crippen LogP contribution in [0.3, 0.4) is 0 Å². The van der Waals surface area contributed by atoms with E-state index in [0.717, 1.165) is 18.0 Å². The lowest BCUT2D eigenvalue weighted by Crippen LogP contribution is -2.39. The molecule has 19 heavy (non-hydrogen) atoms. The van der Waals surface area contributed by atoms with Crippen LogP contribution >= 0.6 is 0 Å². The summed E-state index contributed by atoms with van der Waals surface area (Å²) in [4.78, 5) is 10.9. The second kappa shape index (κ2) is 6.71. The second-order valence-electron chi connectivity index (χ2n) is 5.47. The SMILES string of the molecule is CCCC(NCc1cccc(C(=O)O)c1)C1CCC1. The second-order valence-corrected chi connectivity index (χ2v) is 5.47. The van der Waals surface area contributed by atoms with Crippen molar-refractivity contribution in [3.8, 4) is 0 Å². The van der Waals surface area contributed by atoms with Gasteiger partial charge in [0.15, 0.2) is 0 Å². The Morgan fingerprint density at radius 3 is 2.84 bits per heavy atom. The van der Waals surface area contributed by atoms with Crippen molar-refractivity contribution in [2.24, 2.45) is 5.92 Å². The van der Waals surface area contributed by atoms with Crippen LogP contribution in [0.5, 0.6) is 0 Å². The molecule has 1 fully saturated rings.